The van der Waals surface area contributed by atoms with E-state index >= 15 is 0 Å². The number of hydrogen-bond acceptors (Lipinski definition) is 7. The van der Waals surface area contributed by atoms with Crippen molar-refractivity contribution >= 4 is 22.8 Å². The van der Waals surface area contributed by atoms with Gasteiger partial charge in [-0.2, -0.15) is 9.90 Å². The van der Waals surface area contributed by atoms with Gasteiger partial charge in [0, 0.05) is 25.4 Å². The van der Waals surface area contributed by atoms with Crippen LogP contribution in [0.3, 0.4) is 0 Å². The summed E-state index contributed by atoms with van der Waals surface area (Å²) in [7, 11) is 1.76. The normalized spacial score (nSPS) is 12.4. The van der Waals surface area contributed by atoms with Gasteiger partial charge in [-0.15, -0.1) is 10.2 Å². The molecule has 0 amide bonds. The molecule has 0 radical (unpaired) electrons. The van der Waals surface area contributed by atoms with E-state index in [4.69, 9.17) is 0 Å². The first-order valence-corrected chi connectivity index (χ1v) is 8.92. The quantitative estimate of drug-likeness (QED) is 0.562. The Morgan fingerprint density at radius 2 is 2.11 bits per heavy atom. The summed E-state index contributed by atoms with van der Waals surface area (Å²) in [6.07, 6.45) is 4.45. The molecule has 1 unspecified atom stereocenters. The Morgan fingerprint density at radius 1 is 1.22 bits per heavy atom. The van der Waals surface area contributed by atoms with Crippen molar-refractivity contribution in [3.63, 3.8) is 0 Å². The first kappa shape index (κ1) is 17.1. The summed E-state index contributed by atoms with van der Waals surface area (Å²) in [4.78, 5) is 10.3. The first-order chi connectivity index (χ1) is 13.1. The molecule has 1 N–H and O–H groups in total. The molecule has 4 rings (SSSR count). The van der Waals surface area contributed by atoms with Crippen molar-refractivity contribution in [3.8, 4) is 11.3 Å². The number of aromatic nitrogens is 8. The second-order valence-corrected chi connectivity index (χ2v) is 6.60. The zero-order valence-electron chi connectivity index (χ0n) is 15.5. The van der Waals surface area contributed by atoms with Gasteiger partial charge in [0.1, 0.15) is 5.52 Å². The van der Waals surface area contributed by atoms with E-state index < -0.39 is 0 Å². The van der Waals surface area contributed by atoms with Crippen LogP contribution >= 0.6 is 0 Å². The summed E-state index contributed by atoms with van der Waals surface area (Å²) in [5, 5.41) is 19.9. The number of nitrogens with zero attached hydrogens (tertiary/aromatic N) is 8. The van der Waals surface area contributed by atoms with Gasteiger partial charge in [0.15, 0.2) is 5.82 Å². The highest BCUT2D eigenvalue weighted by molar-refractivity contribution is 5.80. The van der Waals surface area contributed by atoms with E-state index in [9.17, 15) is 0 Å². The average Bonchev–Trinajstić information content (AvgIpc) is 3.27. The highest BCUT2D eigenvalue weighted by atomic mass is 15.5. The predicted molar refractivity (Wildman–Crippen MR) is 102 cm³/mol. The molecule has 0 fully saturated rings. The fraction of sp³-hybridized carbons (Fsp3) is 0.333. The van der Waals surface area contributed by atoms with E-state index in [1.165, 1.54) is 4.80 Å². The van der Waals surface area contributed by atoms with E-state index in [2.05, 4.69) is 49.6 Å². The van der Waals surface area contributed by atoms with Crippen LogP contribution < -0.4 is 5.32 Å². The molecular weight excluding hydrogens is 342 g/mol. The van der Waals surface area contributed by atoms with Gasteiger partial charge < -0.3 is 5.32 Å². The molecule has 9 nitrogen and oxygen atoms in total. The number of nitrogens with one attached hydrogen (secondary N) is 1. The Morgan fingerprint density at radius 3 is 2.89 bits per heavy atom. The summed E-state index contributed by atoms with van der Waals surface area (Å²) < 4.78 is 1.97. The van der Waals surface area contributed by atoms with Crippen molar-refractivity contribution in [2.24, 2.45) is 13.0 Å². The van der Waals surface area contributed by atoms with Crippen LogP contribution in [0.4, 0.5) is 11.8 Å². The summed E-state index contributed by atoms with van der Waals surface area (Å²) in [6.45, 7) is 5.27. The molecule has 138 valence electrons. The smallest absolute Gasteiger partial charge is 0.228 e. The van der Waals surface area contributed by atoms with Crippen LogP contribution in [0.1, 0.15) is 20.3 Å². The van der Waals surface area contributed by atoms with Gasteiger partial charge in [0.2, 0.25) is 5.95 Å². The lowest BCUT2D eigenvalue weighted by Crippen LogP contribution is -2.08. The largest absolute Gasteiger partial charge is 0.306 e. The predicted octanol–water partition coefficient (Wildman–Crippen LogP) is 2.81. The molecule has 0 spiro atoms. The van der Waals surface area contributed by atoms with Crippen LogP contribution in [0.25, 0.3) is 22.3 Å². The molecule has 9 heteroatoms. The first-order valence-electron chi connectivity index (χ1n) is 8.92. The van der Waals surface area contributed by atoms with Crippen molar-refractivity contribution in [3.05, 3.63) is 36.7 Å². The van der Waals surface area contributed by atoms with Crippen LogP contribution in [-0.2, 0) is 13.6 Å². The molecule has 0 bridgehead atoms. The Hall–Kier alpha value is -3.36. The molecule has 1 aromatic carbocycles. The molecule has 0 aliphatic rings. The molecule has 4 aromatic rings. The van der Waals surface area contributed by atoms with Gasteiger partial charge in [-0.3, -0.25) is 0 Å². The summed E-state index contributed by atoms with van der Waals surface area (Å²) in [6, 6.07) is 7.95. The monoisotopic (exact) mass is 363 g/mol. The maximum atomic E-state index is 4.57. The second kappa shape index (κ2) is 7.10. The standard InChI is InChI=1S/C18H21N9/c1-4-12(2)11-27-16-6-5-13(9-15(16)23-25-27)14-7-8-19-18(21-14)22-17-10-20-26(3)24-17/h5-10,12H,4,11H2,1-3H3,(H,19,21,22,24). The number of anilines is 2. The third-order valence-corrected chi connectivity index (χ3v) is 4.49. The Labute approximate surface area is 156 Å². The fourth-order valence-electron chi connectivity index (χ4n) is 2.79. The molecule has 27 heavy (non-hydrogen) atoms. The molecule has 0 aliphatic carbocycles. The third-order valence-electron chi connectivity index (χ3n) is 4.49. The van der Waals surface area contributed by atoms with Gasteiger partial charge in [0.05, 0.1) is 17.4 Å². The highest BCUT2D eigenvalue weighted by Crippen LogP contribution is 2.23. The Balaban J connectivity index is 1.61. The van der Waals surface area contributed by atoms with Crippen molar-refractivity contribution in [2.45, 2.75) is 26.8 Å². The Bertz CT molecular complexity index is 1070. The van der Waals surface area contributed by atoms with Gasteiger partial charge in [-0.25, -0.2) is 14.6 Å². The van der Waals surface area contributed by atoms with Crippen LogP contribution in [0.2, 0.25) is 0 Å². The van der Waals surface area contributed by atoms with E-state index in [0.717, 1.165) is 35.3 Å². The van der Waals surface area contributed by atoms with Crippen LogP contribution in [0.15, 0.2) is 36.7 Å². The van der Waals surface area contributed by atoms with E-state index in [-0.39, 0.29) is 0 Å². The Kier molecular flexibility index (Phi) is 4.49. The molecule has 3 heterocycles. The van der Waals surface area contributed by atoms with Crippen LogP contribution in [0.5, 0.6) is 0 Å². The highest BCUT2D eigenvalue weighted by Gasteiger charge is 2.10. The van der Waals surface area contributed by atoms with Gasteiger partial charge in [-0.05, 0) is 24.1 Å². The summed E-state index contributed by atoms with van der Waals surface area (Å²) in [5.41, 5.74) is 3.65. The summed E-state index contributed by atoms with van der Waals surface area (Å²) in [5.74, 6) is 1.62. The molecule has 3 aromatic heterocycles. The van der Waals surface area contributed by atoms with E-state index in [0.29, 0.717) is 17.7 Å². The minimum absolute atomic E-state index is 0.466. The second-order valence-electron chi connectivity index (χ2n) is 6.60. The van der Waals surface area contributed by atoms with Crippen molar-refractivity contribution in [2.75, 3.05) is 5.32 Å². The number of fused-ring (bicyclic) bond motifs is 1. The van der Waals surface area contributed by atoms with Crippen molar-refractivity contribution in [1.29, 1.82) is 0 Å². The maximum absolute atomic E-state index is 4.57. The zero-order chi connectivity index (χ0) is 18.8. The van der Waals surface area contributed by atoms with E-state index in [1.807, 2.05) is 28.9 Å². The average molecular weight is 363 g/mol. The van der Waals surface area contributed by atoms with Crippen LogP contribution in [0, 0.1) is 5.92 Å². The lowest BCUT2D eigenvalue weighted by Gasteiger charge is -2.08. The van der Waals surface area contributed by atoms with Crippen LogP contribution in [-0.4, -0.2) is 40.0 Å². The minimum Gasteiger partial charge on any atom is -0.306 e. The summed E-state index contributed by atoms with van der Waals surface area (Å²) >= 11 is 0. The van der Waals surface area contributed by atoms with Crippen molar-refractivity contribution < 1.29 is 0 Å². The molecular formula is C18H21N9. The van der Waals surface area contributed by atoms with Crippen molar-refractivity contribution in [1.82, 2.24) is 40.0 Å². The van der Waals surface area contributed by atoms with Gasteiger partial charge in [0.25, 0.3) is 0 Å². The lowest BCUT2D eigenvalue weighted by atomic mass is 10.1. The zero-order valence-corrected chi connectivity index (χ0v) is 15.5. The number of aryl methyl sites for hydroxylation is 1. The number of benzene rings is 1. The van der Waals surface area contributed by atoms with Gasteiger partial charge >= 0.3 is 0 Å². The fourth-order valence-corrected chi connectivity index (χ4v) is 2.79. The lowest BCUT2D eigenvalue weighted by molar-refractivity contribution is 0.440. The van der Waals surface area contributed by atoms with Gasteiger partial charge in [-0.1, -0.05) is 31.5 Å². The molecule has 0 aliphatic heterocycles. The topological polar surface area (TPSA) is 99.2 Å². The maximum Gasteiger partial charge on any atom is 0.228 e. The molecule has 0 saturated carbocycles. The number of hydrogen-bond donors (Lipinski definition) is 1. The van der Waals surface area contributed by atoms with E-state index in [1.54, 1.807) is 19.4 Å². The minimum atomic E-state index is 0.466. The number of rotatable bonds is 6. The SMILES string of the molecule is CCC(C)Cn1nnc2cc(-c3ccnc(Nc4cnn(C)n4)n3)ccc21. The molecule has 0 saturated heterocycles. The molecule has 1 atom stereocenters. The third kappa shape index (κ3) is 3.62.